The van der Waals surface area contributed by atoms with Gasteiger partial charge in [0.15, 0.2) is 5.43 Å². The van der Waals surface area contributed by atoms with Crippen molar-refractivity contribution in [3.63, 3.8) is 0 Å². The van der Waals surface area contributed by atoms with Crippen molar-refractivity contribution in [2.75, 3.05) is 6.54 Å². The summed E-state index contributed by atoms with van der Waals surface area (Å²) in [5, 5.41) is 0.472. The summed E-state index contributed by atoms with van der Waals surface area (Å²) in [6, 6.07) is 10.1. The Labute approximate surface area is 152 Å². The lowest BCUT2D eigenvalue weighted by Crippen LogP contribution is -2.37. The number of hydrogen-bond acceptors (Lipinski definition) is 4. The van der Waals surface area contributed by atoms with Gasteiger partial charge in [-0.15, -0.1) is 0 Å². The molecule has 1 unspecified atom stereocenters. The van der Waals surface area contributed by atoms with Gasteiger partial charge in [0.1, 0.15) is 5.58 Å². The summed E-state index contributed by atoms with van der Waals surface area (Å²) >= 11 is 0. The third-order valence-corrected chi connectivity index (χ3v) is 4.50. The monoisotopic (exact) mass is 350 g/mol. The van der Waals surface area contributed by atoms with Crippen LogP contribution in [-0.4, -0.2) is 22.3 Å². The van der Waals surface area contributed by atoms with Crippen molar-refractivity contribution in [3.8, 4) is 0 Å². The maximum atomic E-state index is 13.2. The van der Waals surface area contributed by atoms with Crippen molar-refractivity contribution < 1.29 is 9.21 Å². The predicted octanol–water partition coefficient (Wildman–Crippen LogP) is 4.05. The maximum Gasteiger partial charge on any atom is 0.254 e. The lowest BCUT2D eigenvalue weighted by atomic mass is 9.94. The zero-order valence-electron chi connectivity index (χ0n) is 15.2. The van der Waals surface area contributed by atoms with E-state index in [2.05, 4.69) is 18.8 Å². The van der Waals surface area contributed by atoms with Crippen molar-refractivity contribution in [1.29, 1.82) is 0 Å². The standard InChI is InChI=1S/C21H22N2O3/c1-4-23(20(14(2)3)16-6-5-10-22-13-16)21(25)15-7-8-17-18(24)9-11-26-19(17)12-15/h5-14,20H,4H2,1-3H3. The first-order chi connectivity index (χ1) is 12.5. The number of carbonyl (C=O) groups excluding carboxylic acids is 1. The van der Waals surface area contributed by atoms with E-state index in [1.807, 2.05) is 24.0 Å². The largest absolute Gasteiger partial charge is 0.464 e. The number of amides is 1. The van der Waals surface area contributed by atoms with Crippen LogP contribution in [-0.2, 0) is 0 Å². The molecule has 1 aromatic carbocycles. The molecule has 3 aromatic rings. The lowest BCUT2D eigenvalue weighted by molar-refractivity contribution is 0.0636. The van der Waals surface area contributed by atoms with Crippen LogP contribution in [0.4, 0.5) is 0 Å². The molecule has 0 aliphatic carbocycles. The first-order valence-electron chi connectivity index (χ1n) is 8.75. The third-order valence-electron chi connectivity index (χ3n) is 4.50. The second-order valence-corrected chi connectivity index (χ2v) is 6.56. The Balaban J connectivity index is 2.01. The minimum atomic E-state index is -0.118. The quantitative estimate of drug-likeness (QED) is 0.696. The van der Waals surface area contributed by atoms with E-state index in [1.54, 1.807) is 30.6 Å². The average molecular weight is 350 g/mol. The van der Waals surface area contributed by atoms with Crippen molar-refractivity contribution in [2.45, 2.75) is 26.8 Å². The molecule has 0 aliphatic rings. The molecule has 0 aliphatic heterocycles. The number of benzene rings is 1. The first-order valence-corrected chi connectivity index (χ1v) is 8.75. The fourth-order valence-corrected chi connectivity index (χ4v) is 3.32. The molecule has 0 N–H and O–H groups in total. The molecule has 0 saturated carbocycles. The van der Waals surface area contributed by atoms with Gasteiger partial charge in [-0.25, -0.2) is 0 Å². The number of aromatic nitrogens is 1. The van der Waals surface area contributed by atoms with Gasteiger partial charge in [-0.3, -0.25) is 14.6 Å². The van der Waals surface area contributed by atoms with E-state index in [4.69, 9.17) is 4.42 Å². The summed E-state index contributed by atoms with van der Waals surface area (Å²) in [5.41, 5.74) is 1.81. The number of carbonyl (C=O) groups is 1. The first kappa shape index (κ1) is 17.9. The second-order valence-electron chi connectivity index (χ2n) is 6.56. The van der Waals surface area contributed by atoms with Crippen molar-refractivity contribution in [2.24, 2.45) is 5.92 Å². The molecule has 134 valence electrons. The number of rotatable bonds is 5. The van der Waals surface area contributed by atoms with Crippen LogP contribution in [0.5, 0.6) is 0 Å². The fourth-order valence-electron chi connectivity index (χ4n) is 3.32. The van der Waals surface area contributed by atoms with Crippen LogP contribution in [0, 0.1) is 5.92 Å². The zero-order chi connectivity index (χ0) is 18.7. The van der Waals surface area contributed by atoms with Gasteiger partial charge >= 0.3 is 0 Å². The molecule has 0 fully saturated rings. The molecule has 3 rings (SSSR count). The Hall–Kier alpha value is -2.95. The highest BCUT2D eigenvalue weighted by atomic mass is 16.3. The second kappa shape index (κ2) is 7.52. The van der Waals surface area contributed by atoms with Gasteiger partial charge in [-0.1, -0.05) is 19.9 Å². The van der Waals surface area contributed by atoms with Gasteiger partial charge in [0, 0.05) is 30.6 Å². The van der Waals surface area contributed by atoms with E-state index >= 15 is 0 Å². The maximum absolute atomic E-state index is 13.2. The summed E-state index contributed by atoms with van der Waals surface area (Å²) < 4.78 is 5.41. The highest BCUT2D eigenvalue weighted by Gasteiger charge is 2.28. The third kappa shape index (κ3) is 3.38. The predicted molar refractivity (Wildman–Crippen MR) is 101 cm³/mol. The van der Waals surface area contributed by atoms with Crippen LogP contribution < -0.4 is 5.43 Å². The Bertz CT molecular complexity index is 964. The average Bonchev–Trinajstić information content (AvgIpc) is 2.65. The topological polar surface area (TPSA) is 63.4 Å². The van der Waals surface area contributed by atoms with Crippen LogP contribution >= 0.6 is 0 Å². The summed E-state index contributed by atoms with van der Waals surface area (Å²) in [6.07, 6.45) is 4.88. The molecule has 2 heterocycles. The smallest absolute Gasteiger partial charge is 0.254 e. The number of nitrogens with zero attached hydrogens (tertiary/aromatic N) is 2. The fraction of sp³-hybridized carbons (Fsp3) is 0.286. The van der Waals surface area contributed by atoms with Gasteiger partial charge in [0.05, 0.1) is 17.7 Å². The van der Waals surface area contributed by atoms with Crippen molar-refractivity contribution in [1.82, 2.24) is 9.88 Å². The molecule has 1 amide bonds. The molecule has 0 saturated heterocycles. The number of hydrogen-bond donors (Lipinski definition) is 0. The van der Waals surface area contributed by atoms with E-state index in [1.165, 1.54) is 12.3 Å². The van der Waals surface area contributed by atoms with Crippen LogP contribution in [0.25, 0.3) is 11.0 Å². The Kier molecular flexibility index (Phi) is 5.16. The normalized spacial score (nSPS) is 12.3. The number of pyridine rings is 1. The molecule has 2 aromatic heterocycles. The minimum absolute atomic E-state index is 0.0836. The summed E-state index contributed by atoms with van der Waals surface area (Å²) in [6.45, 7) is 6.71. The van der Waals surface area contributed by atoms with Gasteiger partial charge in [-0.05, 0) is 42.7 Å². The van der Waals surface area contributed by atoms with Crippen LogP contribution in [0.1, 0.15) is 42.7 Å². The molecule has 5 heteroatoms. The lowest BCUT2D eigenvalue weighted by Gasteiger charge is -2.34. The molecular formula is C21H22N2O3. The van der Waals surface area contributed by atoms with Crippen molar-refractivity contribution in [3.05, 3.63) is 76.4 Å². The van der Waals surface area contributed by atoms with Crippen molar-refractivity contribution >= 4 is 16.9 Å². The van der Waals surface area contributed by atoms with E-state index in [0.29, 0.717) is 23.1 Å². The molecule has 1 atom stereocenters. The van der Waals surface area contributed by atoms with Gasteiger partial charge < -0.3 is 9.32 Å². The van der Waals surface area contributed by atoms with Gasteiger partial charge in [0.25, 0.3) is 5.91 Å². The van der Waals surface area contributed by atoms with E-state index in [9.17, 15) is 9.59 Å². The van der Waals surface area contributed by atoms with Crippen LogP contribution in [0.3, 0.4) is 0 Å². The van der Waals surface area contributed by atoms with Gasteiger partial charge in [-0.2, -0.15) is 0 Å². The van der Waals surface area contributed by atoms with Gasteiger partial charge in [0.2, 0.25) is 0 Å². The Morgan fingerprint density at radius 2 is 2.04 bits per heavy atom. The number of fused-ring (bicyclic) bond motifs is 1. The molecule has 0 radical (unpaired) electrons. The molecule has 0 bridgehead atoms. The molecule has 5 nitrogen and oxygen atoms in total. The van der Waals surface area contributed by atoms with E-state index in [0.717, 1.165) is 5.56 Å². The molecular weight excluding hydrogens is 328 g/mol. The highest BCUT2D eigenvalue weighted by Crippen LogP contribution is 2.29. The Morgan fingerprint density at radius 1 is 1.23 bits per heavy atom. The van der Waals surface area contributed by atoms with E-state index in [-0.39, 0.29) is 23.3 Å². The zero-order valence-corrected chi connectivity index (χ0v) is 15.2. The highest BCUT2D eigenvalue weighted by molar-refractivity contribution is 5.97. The minimum Gasteiger partial charge on any atom is -0.464 e. The molecule has 0 spiro atoms. The van der Waals surface area contributed by atoms with Crippen LogP contribution in [0.2, 0.25) is 0 Å². The SMILES string of the molecule is CCN(C(=O)c1ccc2c(=O)ccoc2c1)C(c1cccnc1)C(C)C. The summed E-state index contributed by atoms with van der Waals surface area (Å²) in [5.74, 6) is 0.130. The summed E-state index contributed by atoms with van der Waals surface area (Å²) in [7, 11) is 0. The summed E-state index contributed by atoms with van der Waals surface area (Å²) in [4.78, 5) is 31.1. The Morgan fingerprint density at radius 3 is 2.69 bits per heavy atom. The van der Waals surface area contributed by atoms with E-state index < -0.39 is 0 Å². The molecule has 26 heavy (non-hydrogen) atoms. The van der Waals surface area contributed by atoms with Crippen LogP contribution in [0.15, 0.2) is 64.3 Å².